The van der Waals surface area contributed by atoms with Crippen molar-refractivity contribution >= 4 is 50.8 Å². The molecule has 1 aliphatic carbocycles. The number of fused-ring (bicyclic) bond motifs is 1. The summed E-state index contributed by atoms with van der Waals surface area (Å²) in [5.74, 6) is -0.816. The van der Waals surface area contributed by atoms with Gasteiger partial charge in [0.1, 0.15) is 5.00 Å². The van der Waals surface area contributed by atoms with Crippen LogP contribution in [0.1, 0.15) is 42.5 Å². The number of aromatic nitrogens is 2. The lowest BCUT2D eigenvalue weighted by atomic mass is 9.97. The largest absolute Gasteiger partial charge is 0.366 e. The van der Waals surface area contributed by atoms with Crippen LogP contribution in [0.4, 0.5) is 5.00 Å². The van der Waals surface area contributed by atoms with Crippen molar-refractivity contribution in [1.82, 2.24) is 9.55 Å². The number of primary amides is 1. The lowest BCUT2D eigenvalue weighted by molar-refractivity contribution is -0.113. The zero-order chi connectivity index (χ0) is 22.5. The Balaban J connectivity index is 1.54. The van der Waals surface area contributed by atoms with Crippen LogP contribution in [0.25, 0.3) is 10.9 Å². The van der Waals surface area contributed by atoms with E-state index in [0.29, 0.717) is 27.6 Å². The van der Waals surface area contributed by atoms with Crippen molar-refractivity contribution in [1.29, 1.82) is 0 Å². The minimum atomic E-state index is -0.587. The molecule has 0 atom stereocenters. The van der Waals surface area contributed by atoms with E-state index in [1.165, 1.54) is 41.5 Å². The number of nitrogens with zero attached hydrogens (tertiary/aromatic N) is 2. The van der Waals surface area contributed by atoms with Crippen LogP contribution < -0.4 is 16.6 Å². The van der Waals surface area contributed by atoms with Crippen LogP contribution in [-0.2, 0) is 11.3 Å². The molecular formula is C23H24N4O3S2. The van der Waals surface area contributed by atoms with Gasteiger partial charge in [-0.1, -0.05) is 35.5 Å². The zero-order valence-corrected chi connectivity index (χ0v) is 19.1. The van der Waals surface area contributed by atoms with Gasteiger partial charge >= 0.3 is 0 Å². The smallest absolute Gasteiger partial charge is 0.262 e. The maximum Gasteiger partial charge on any atom is 0.262 e. The minimum absolute atomic E-state index is 0.0591. The summed E-state index contributed by atoms with van der Waals surface area (Å²) < 4.78 is 1.68. The number of carbonyl (C=O) groups excluding carboxylic acids is 2. The summed E-state index contributed by atoms with van der Waals surface area (Å²) in [5.41, 5.74) is 7.53. The number of allylic oxidation sites excluding steroid dienone is 2. The van der Waals surface area contributed by atoms with Crippen molar-refractivity contribution in [3.63, 3.8) is 0 Å². The average molecular weight is 469 g/mol. The van der Waals surface area contributed by atoms with E-state index in [2.05, 4.69) is 16.4 Å². The summed E-state index contributed by atoms with van der Waals surface area (Å²) in [4.78, 5) is 41.8. The number of carbonyl (C=O) groups is 2. The molecule has 0 fully saturated rings. The maximum atomic E-state index is 13.2. The molecule has 0 radical (unpaired) electrons. The Kier molecular flexibility index (Phi) is 7.06. The fourth-order valence-electron chi connectivity index (χ4n) is 3.74. The summed E-state index contributed by atoms with van der Waals surface area (Å²) in [6, 6.07) is 8.84. The molecule has 1 aromatic carbocycles. The van der Waals surface area contributed by atoms with Gasteiger partial charge in [0.25, 0.3) is 11.5 Å². The van der Waals surface area contributed by atoms with Gasteiger partial charge in [0, 0.05) is 6.54 Å². The van der Waals surface area contributed by atoms with Crippen LogP contribution in [0, 0.1) is 0 Å². The first kappa shape index (κ1) is 22.3. The van der Waals surface area contributed by atoms with Gasteiger partial charge in [0.05, 0.1) is 22.2 Å². The Bertz CT molecular complexity index is 1250. The molecule has 2 amide bonds. The second-order valence-electron chi connectivity index (χ2n) is 7.59. The third kappa shape index (κ3) is 5.11. The molecule has 0 unspecified atom stereocenters. The lowest BCUT2D eigenvalue weighted by Crippen LogP contribution is -2.25. The molecule has 32 heavy (non-hydrogen) atoms. The van der Waals surface area contributed by atoms with E-state index >= 15 is 0 Å². The van der Waals surface area contributed by atoms with Gasteiger partial charge in [-0.25, -0.2) is 4.98 Å². The molecule has 0 saturated carbocycles. The average Bonchev–Trinajstić information content (AvgIpc) is 3.26. The van der Waals surface area contributed by atoms with Gasteiger partial charge in [0.15, 0.2) is 5.16 Å². The fraction of sp³-hybridized carbons (Fsp3) is 0.304. The van der Waals surface area contributed by atoms with Crippen LogP contribution in [0.3, 0.4) is 0 Å². The van der Waals surface area contributed by atoms with Crippen molar-refractivity contribution in [2.24, 2.45) is 5.73 Å². The number of nitrogens with two attached hydrogens (primary N) is 1. The number of anilines is 1. The van der Waals surface area contributed by atoms with E-state index in [1.807, 2.05) is 12.1 Å². The summed E-state index contributed by atoms with van der Waals surface area (Å²) in [6.45, 7) is 0.531. The van der Waals surface area contributed by atoms with Gasteiger partial charge in [-0.05, 0) is 55.7 Å². The zero-order valence-electron chi connectivity index (χ0n) is 17.5. The molecule has 0 bridgehead atoms. The number of hydrogen-bond donors (Lipinski definition) is 2. The Morgan fingerprint density at radius 3 is 2.84 bits per heavy atom. The van der Waals surface area contributed by atoms with Gasteiger partial charge < -0.3 is 11.1 Å². The van der Waals surface area contributed by atoms with Crippen molar-refractivity contribution in [3.05, 3.63) is 63.3 Å². The van der Waals surface area contributed by atoms with Gasteiger partial charge in [0.2, 0.25) is 5.91 Å². The van der Waals surface area contributed by atoms with E-state index in [9.17, 15) is 14.4 Å². The Hall–Kier alpha value is -2.91. The van der Waals surface area contributed by atoms with E-state index < -0.39 is 5.91 Å². The van der Waals surface area contributed by atoms with Crippen molar-refractivity contribution in [2.75, 3.05) is 11.1 Å². The second kappa shape index (κ2) is 10.1. The molecule has 2 heterocycles. The number of amides is 2. The molecular weight excluding hydrogens is 444 g/mol. The summed E-state index contributed by atoms with van der Waals surface area (Å²) >= 11 is 2.46. The number of thiophene rings is 1. The fourth-order valence-corrected chi connectivity index (χ4v) is 5.37. The first-order valence-electron chi connectivity index (χ1n) is 10.5. The molecule has 2 aromatic heterocycles. The highest BCUT2D eigenvalue weighted by Crippen LogP contribution is 2.25. The summed E-state index contributed by atoms with van der Waals surface area (Å²) in [7, 11) is 0. The van der Waals surface area contributed by atoms with Gasteiger partial charge in [-0.2, -0.15) is 0 Å². The summed E-state index contributed by atoms with van der Waals surface area (Å²) in [5, 5.41) is 5.95. The van der Waals surface area contributed by atoms with Crippen LogP contribution in [-0.4, -0.2) is 27.1 Å². The van der Waals surface area contributed by atoms with Crippen molar-refractivity contribution in [2.45, 2.75) is 43.8 Å². The van der Waals surface area contributed by atoms with Gasteiger partial charge in [-0.3, -0.25) is 19.0 Å². The van der Waals surface area contributed by atoms with Crippen LogP contribution in [0.2, 0.25) is 0 Å². The van der Waals surface area contributed by atoms with E-state index in [4.69, 9.17) is 5.73 Å². The van der Waals surface area contributed by atoms with E-state index in [-0.39, 0.29) is 22.8 Å². The number of para-hydroxylation sites is 1. The van der Waals surface area contributed by atoms with Crippen molar-refractivity contribution in [3.8, 4) is 0 Å². The minimum Gasteiger partial charge on any atom is -0.366 e. The number of thioether (sulfide) groups is 1. The highest BCUT2D eigenvalue weighted by molar-refractivity contribution is 7.99. The number of rotatable bonds is 8. The third-order valence-corrected chi connectivity index (χ3v) is 7.19. The predicted octanol–water partition coefficient (Wildman–Crippen LogP) is 4.18. The topological polar surface area (TPSA) is 107 Å². The lowest BCUT2D eigenvalue weighted by Gasteiger charge is -2.16. The molecule has 3 N–H and O–H groups in total. The SMILES string of the molecule is NC(=O)c1ccsc1NC(=O)CSc1nc2ccccc2c(=O)n1CCC1=CCCCC1. The van der Waals surface area contributed by atoms with Crippen LogP contribution >= 0.6 is 23.1 Å². The molecule has 9 heteroatoms. The van der Waals surface area contributed by atoms with Gasteiger partial charge in [-0.15, -0.1) is 11.3 Å². The summed E-state index contributed by atoms with van der Waals surface area (Å²) in [6.07, 6.45) is 7.66. The standard InChI is InChI=1S/C23H24N4O3S2/c24-20(29)17-11-13-31-21(17)26-19(28)14-32-23-25-18-9-5-4-8-16(18)22(30)27(23)12-10-15-6-2-1-3-7-15/h4-6,8-9,11,13H,1-3,7,10,12,14H2,(H2,24,29)(H,26,28). The third-order valence-electron chi connectivity index (χ3n) is 5.38. The van der Waals surface area contributed by atoms with Crippen molar-refractivity contribution < 1.29 is 9.59 Å². The molecule has 0 saturated heterocycles. The Morgan fingerprint density at radius 2 is 2.06 bits per heavy atom. The molecule has 7 nitrogen and oxygen atoms in total. The molecule has 166 valence electrons. The second-order valence-corrected chi connectivity index (χ2v) is 9.45. The van der Waals surface area contributed by atoms with E-state index in [1.54, 1.807) is 28.1 Å². The number of hydrogen-bond acceptors (Lipinski definition) is 6. The first-order valence-corrected chi connectivity index (χ1v) is 12.4. The molecule has 0 spiro atoms. The Morgan fingerprint density at radius 1 is 1.22 bits per heavy atom. The molecule has 1 aliphatic rings. The predicted molar refractivity (Wildman–Crippen MR) is 129 cm³/mol. The van der Waals surface area contributed by atoms with E-state index in [0.717, 1.165) is 19.3 Å². The quantitative estimate of drug-likeness (QED) is 0.293. The monoisotopic (exact) mass is 468 g/mol. The number of nitrogens with one attached hydrogen (secondary N) is 1. The van der Waals surface area contributed by atoms with Crippen LogP contribution in [0.15, 0.2) is 57.3 Å². The highest BCUT2D eigenvalue weighted by atomic mass is 32.2. The Labute approximate surface area is 193 Å². The maximum absolute atomic E-state index is 13.2. The molecule has 3 aromatic rings. The molecule has 0 aliphatic heterocycles. The molecule has 4 rings (SSSR count). The normalized spacial score (nSPS) is 13.7. The first-order chi connectivity index (χ1) is 15.5. The highest BCUT2D eigenvalue weighted by Gasteiger charge is 2.16. The number of benzene rings is 1. The van der Waals surface area contributed by atoms with Crippen LogP contribution in [0.5, 0.6) is 0 Å².